The number of likely N-dealkylation sites (N-methyl/N-ethyl adjacent to an activating group) is 1. The van der Waals surface area contributed by atoms with E-state index < -0.39 is 0 Å². The van der Waals surface area contributed by atoms with Gasteiger partial charge in [0.05, 0.1) is 12.2 Å². The molecule has 2 fully saturated rings. The van der Waals surface area contributed by atoms with Crippen molar-refractivity contribution in [2.45, 2.75) is 13.0 Å². The number of anilines is 1. The van der Waals surface area contributed by atoms with E-state index >= 15 is 0 Å². The maximum Gasteiger partial charge on any atom is 0.414 e. The largest absolute Gasteiger partial charge is 0.443 e. The zero-order valence-electron chi connectivity index (χ0n) is 12.9. The molecule has 0 spiro atoms. The summed E-state index contributed by atoms with van der Waals surface area (Å²) in [6, 6.07) is 6.07. The van der Waals surface area contributed by atoms with Crippen LogP contribution < -0.4 is 4.90 Å². The molecule has 1 aromatic carbocycles. The van der Waals surface area contributed by atoms with Crippen molar-refractivity contribution in [1.29, 1.82) is 0 Å². The molecule has 0 saturated carbocycles. The Labute approximate surface area is 130 Å². The number of cyclic esters (lactones) is 1. The lowest BCUT2D eigenvalue weighted by molar-refractivity contribution is 0.0786. The summed E-state index contributed by atoms with van der Waals surface area (Å²) < 4.78 is 18.7. The van der Waals surface area contributed by atoms with Gasteiger partial charge in [0.1, 0.15) is 11.9 Å². The van der Waals surface area contributed by atoms with E-state index in [-0.39, 0.29) is 18.0 Å². The second-order valence-corrected chi connectivity index (χ2v) is 5.83. The minimum absolute atomic E-state index is 0.149. The predicted molar refractivity (Wildman–Crippen MR) is 82.6 cm³/mol. The van der Waals surface area contributed by atoms with Crippen molar-refractivity contribution in [2.24, 2.45) is 0 Å². The second-order valence-electron chi connectivity index (χ2n) is 5.83. The Kier molecular flexibility index (Phi) is 4.59. The first-order chi connectivity index (χ1) is 10.7. The van der Waals surface area contributed by atoms with Crippen LogP contribution in [0.2, 0.25) is 0 Å². The van der Waals surface area contributed by atoms with Crippen LogP contribution >= 0.6 is 0 Å². The summed E-state index contributed by atoms with van der Waals surface area (Å²) in [5.74, 6) is -0.343. The molecule has 0 unspecified atom stereocenters. The zero-order chi connectivity index (χ0) is 15.5. The maximum absolute atomic E-state index is 13.3. The molecule has 2 saturated heterocycles. The van der Waals surface area contributed by atoms with Crippen LogP contribution in [0.3, 0.4) is 0 Å². The van der Waals surface area contributed by atoms with Gasteiger partial charge in [-0.15, -0.1) is 0 Å². The predicted octanol–water partition coefficient (Wildman–Crippen LogP) is 1.79. The summed E-state index contributed by atoms with van der Waals surface area (Å²) in [6.45, 7) is 8.61. The molecule has 2 aliphatic rings. The molecule has 1 amide bonds. The van der Waals surface area contributed by atoms with Gasteiger partial charge in [-0.3, -0.25) is 9.80 Å². The molecule has 0 N–H and O–H groups in total. The van der Waals surface area contributed by atoms with E-state index in [1.807, 2.05) is 0 Å². The SMILES string of the molecule is CCN1CCN(C[C@H]2CN(c3cccc(F)c3)C(=O)O2)CC1. The molecule has 0 bridgehead atoms. The van der Waals surface area contributed by atoms with E-state index in [1.165, 1.54) is 17.0 Å². The van der Waals surface area contributed by atoms with Gasteiger partial charge in [-0.25, -0.2) is 9.18 Å². The van der Waals surface area contributed by atoms with Crippen LogP contribution in [-0.4, -0.2) is 67.8 Å². The third-order valence-corrected chi connectivity index (χ3v) is 4.37. The van der Waals surface area contributed by atoms with Crippen LogP contribution in [0.5, 0.6) is 0 Å². The van der Waals surface area contributed by atoms with Crippen LogP contribution in [0, 0.1) is 5.82 Å². The standard InChI is InChI=1S/C16H22FN3O2/c1-2-18-6-8-19(9-7-18)11-15-12-20(16(21)22-15)14-5-3-4-13(17)10-14/h3-5,10,15H,2,6-9,11-12H2,1H3/t15-/m0/s1. The van der Waals surface area contributed by atoms with Gasteiger partial charge in [-0.2, -0.15) is 0 Å². The van der Waals surface area contributed by atoms with Gasteiger partial charge >= 0.3 is 6.09 Å². The molecular weight excluding hydrogens is 285 g/mol. The Morgan fingerprint density at radius 2 is 1.95 bits per heavy atom. The van der Waals surface area contributed by atoms with E-state index in [1.54, 1.807) is 12.1 Å². The van der Waals surface area contributed by atoms with Gasteiger partial charge in [-0.1, -0.05) is 13.0 Å². The number of benzene rings is 1. The highest BCUT2D eigenvalue weighted by Gasteiger charge is 2.34. The number of rotatable bonds is 4. The highest BCUT2D eigenvalue weighted by atomic mass is 19.1. The lowest BCUT2D eigenvalue weighted by atomic mass is 10.2. The van der Waals surface area contributed by atoms with Crippen molar-refractivity contribution in [3.8, 4) is 0 Å². The van der Waals surface area contributed by atoms with Crippen molar-refractivity contribution in [2.75, 3.05) is 50.7 Å². The summed E-state index contributed by atoms with van der Waals surface area (Å²) in [7, 11) is 0. The topological polar surface area (TPSA) is 36.0 Å². The number of halogens is 1. The number of amides is 1. The number of piperazine rings is 1. The van der Waals surface area contributed by atoms with E-state index in [0.717, 1.165) is 39.3 Å². The van der Waals surface area contributed by atoms with Crippen LogP contribution in [0.25, 0.3) is 0 Å². The Hall–Kier alpha value is -1.66. The van der Waals surface area contributed by atoms with E-state index in [0.29, 0.717) is 12.2 Å². The minimum Gasteiger partial charge on any atom is -0.443 e. The zero-order valence-corrected chi connectivity index (χ0v) is 12.9. The molecule has 3 rings (SSSR count). The minimum atomic E-state index is -0.386. The Morgan fingerprint density at radius 3 is 2.64 bits per heavy atom. The lowest BCUT2D eigenvalue weighted by Gasteiger charge is -2.34. The summed E-state index contributed by atoms with van der Waals surface area (Å²) in [4.78, 5) is 18.2. The van der Waals surface area contributed by atoms with Gasteiger partial charge in [0.2, 0.25) is 0 Å². The molecule has 1 aromatic rings. The van der Waals surface area contributed by atoms with Crippen molar-refractivity contribution in [3.63, 3.8) is 0 Å². The molecule has 22 heavy (non-hydrogen) atoms. The average molecular weight is 307 g/mol. The third kappa shape index (κ3) is 3.39. The smallest absolute Gasteiger partial charge is 0.414 e. The molecule has 2 heterocycles. The first-order valence-electron chi connectivity index (χ1n) is 7.84. The molecule has 6 heteroatoms. The van der Waals surface area contributed by atoms with Gasteiger partial charge in [0.25, 0.3) is 0 Å². The maximum atomic E-state index is 13.3. The number of ether oxygens (including phenoxy) is 1. The fourth-order valence-electron chi connectivity index (χ4n) is 3.05. The number of carbonyl (C=O) groups excluding carboxylic acids is 1. The summed E-state index contributed by atoms with van der Waals surface area (Å²) in [6.07, 6.45) is -0.535. The third-order valence-electron chi connectivity index (χ3n) is 4.37. The molecule has 1 atom stereocenters. The molecule has 2 aliphatic heterocycles. The van der Waals surface area contributed by atoms with Crippen molar-refractivity contribution in [3.05, 3.63) is 30.1 Å². The normalized spacial score (nSPS) is 23.8. The van der Waals surface area contributed by atoms with E-state index in [2.05, 4.69) is 16.7 Å². The van der Waals surface area contributed by atoms with Crippen molar-refractivity contribution < 1.29 is 13.9 Å². The fraction of sp³-hybridized carbons (Fsp3) is 0.562. The Morgan fingerprint density at radius 1 is 1.23 bits per heavy atom. The quantitative estimate of drug-likeness (QED) is 0.850. The summed E-state index contributed by atoms with van der Waals surface area (Å²) in [5, 5.41) is 0. The van der Waals surface area contributed by atoms with Gasteiger partial charge < -0.3 is 9.64 Å². The number of hydrogen-bond donors (Lipinski definition) is 0. The second kappa shape index (κ2) is 6.62. The average Bonchev–Trinajstić information content (AvgIpc) is 2.88. The van der Waals surface area contributed by atoms with Crippen molar-refractivity contribution >= 4 is 11.8 Å². The van der Waals surface area contributed by atoms with Crippen LogP contribution in [-0.2, 0) is 4.74 Å². The number of hydrogen-bond acceptors (Lipinski definition) is 4. The summed E-state index contributed by atoms with van der Waals surface area (Å²) in [5.41, 5.74) is 0.559. The number of carbonyl (C=O) groups is 1. The van der Waals surface area contributed by atoms with Crippen LogP contribution in [0.4, 0.5) is 14.9 Å². The van der Waals surface area contributed by atoms with E-state index in [9.17, 15) is 9.18 Å². The Bertz CT molecular complexity index is 532. The Balaban J connectivity index is 1.56. The van der Waals surface area contributed by atoms with Gasteiger partial charge in [0.15, 0.2) is 0 Å². The first-order valence-corrected chi connectivity index (χ1v) is 7.84. The molecule has 120 valence electrons. The molecule has 0 aliphatic carbocycles. The highest BCUT2D eigenvalue weighted by molar-refractivity contribution is 5.89. The summed E-state index contributed by atoms with van der Waals surface area (Å²) >= 11 is 0. The molecule has 5 nitrogen and oxygen atoms in total. The van der Waals surface area contributed by atoms with Gasteiger partial charge in [0, 0.05) is 32.7 Å². The number of nitrogens with zero attached hydrogens (tertiary/aromatic N) is 3. The van der Waals surface area contributed by atoms with Crippen LogP contribution in [0.15, 0.2) is 24.3 Å². The highest BCUT2D eigenvalue weighted by Crippen LogP contribution is 2.22. The molecule has 0 radical (unpaired) electrons. The lowest BCUT2D eigenvalue weighted by Crippen LogP contribution is -2.48. The van der Waals surface area contributed by atoms with Crippen LogP contribution in [0.1, 0.15) is 6.92 Å². The monoisotopic (exact) mass is 307 g/mol. The molecule has 0 aromatic heterocycles. The van der Waals surface area contributed by atoms with Crippen molar-refractivity contribution in [1.82, 2.24) is 9.80 Å². The van der Waals surface area contributed by atoms with Gasteiger partial charge in [-0.05, 0) is 24.7 Å². The molecular formula is C16H22FN3O2. The fourth-order valence-corrected chi connectivity index (χ4v) is 3.05. The first kappa shape index (κ1) is 15.2. The van der Waals surface area contributed by atoms with E-state index in [4.69, 9.17) is 4.74 Å².